The topological polar surface area (TPSA) is 29.1 Å². The van der Waals surface area contributed by atoms with Gasteiger partial charge in [-0.1, -0.05) is 0 Å². The number of hydrogen-bond acceptors (Lipinski definition) is 1. The summed E-state index contributed by atoms with van der Waals surface area (Å²) >= 11 is 0.352. The van der Waals surface area contributed by atoms with Crippen molar-refractivity contribution in [2.75, 3.05) is 11.5 Å². The second-order valence-corrected chi connectivity index (χ2v) is 5.17. The van der Waals surface area contributed by atoms with Gasteiger partial charge in [-0.05, 0) is 0 Å². The maximum absolute atomic E-state index is 10.6. The molecule has 3 heteroatoms. The van der Waals surface area contributed by atoms with Gasteiger partial charge in [-0.3, -0.25) is 0 Å². The number of alkyl halides is 2. The van der Waals surface area contributed by atoms with Crippen LogP contribution < -0.4 is 26.5 Å². The van der Waals surface area contributed by atoms with Crippen LogP contribution in [0.4, 0.5) is 0 Å². The van der Waals surface area contributed by atoms with Gasteiger partial charge in [0.15, 0.2) is 0 Å². The number of amides is 1. The zero-order chi connectivity index (χ0) is 6.69. The Morgan fingerprint density at radius 2 is 2.56 bits per heavy atom. The maximum atomic E-state index is 10.6. The minimum atomic E-state index is 0.240. The van der Waals surface area contributed by atoms with Crippen LogP contribution in [0, 0.1) is 0 Å². The van der Waals surface area contributed by atoms with E-state index in [0.29, 0.717) is 21.2 Å². The van der Waals surface area contributed by atoms with Crippen molar-refractivity contribution >= 4 is 5.91 Å². The predicted molar refractivity (Wildman–Crippen MR) is 32.0 cm³/mol. The van der Waals surface area contributed by atoms with E-state index in [4.69, 9.17) is 0 Å². The number of carbonyl (C=O) groups excluding carboxylic acids is 1. The van der Waals surface area contributed by atoms with Crippen molar-refractivity contribution in [3.8, 4) is 0 Å². The summed E-state index contributed by atoms with van der Waals surface area (Å²) in [5.41, 5.74) is 0. The summed E-state index contributed by atoms with van der Waals surface area (Å²) in [6, 6.07) is 0. The number of hydrogen-bond donors (Lipinski definition) is 1. The summed E-state index contributed by atoms with van der Waals surface area (Å²) < 4.78 is 0.849. The molecule has 1 aliphatic rings. The molecule has 0 aromatic rings. The first-order chi connectivity index (χ1) is 4.33. The van der Waals surface area contributed by atoms with E-state index >= 15 is 0 Å². The van der Waals surface area contributed by atoms with Crippen molar-refractivity contribution in [1.82, 2.24) is 5.32 Å². The van der Waals surface area contributed by atoms with Gasteiger partial charge in [-0.2, -0.15) is 0 Å². The number of carbonyl (C=O) groups is 1. The van der Waals surface area contributed by atoms with E-state index < -0.39 is 0 Å². The number of halogens is 1. The van der Waals surface area contributed by atoms with Gasteiger partial charge in [0.25, 0.3) is 0 Å². The molecule has 1 heterocycles. The van der Waals surface area contributed by atoms with Crippen LogP contribution >= 0.6 is 0 Å². The van der Waals surface area contributed by atoms with Crippen LogP contribution in [0.5, 0.6) is 0 Å². The Morgan fingerprint density at radius 1 is 1.78 bits per heavy atom. The van der Waals surface area contributed by atoms with Crippen molar-refractivity contribution in [2.45, 2.75) is 16.8 Å². The summed E-state index contributed by atoms with van der Waals surface area (Å²) in [7, 11) is 0. The quantitative estimate of drug-likeness (QED) is 0.384. The van der Waals surface area contributed by atoms with E-state index in [0.717, 1.165) is 23.3 Å². The molecule has 9 heavy (non-hydrogen) atoms. The molecule has 0 aromatic heterocycles. The summed E-state index contributed by atoms with van der Waals surface area (Å²) in [5.74, 6) is 0.240. The molecule has 1 aliphatic heterocycles. The van der Waals surface area contributed by atoms with Gasteiger partial charge in [0.1, 0.15) is 0 Å². The molecule has 1 amide bonds. The molecule has 1 atom stereocenters. The molecular weight excluding hydrogens is 229 g/mol. The first kappa shape index (κ1) is 7.31. The average molecular weight is 240 g/mol. The second-order valence-electron chi connectivity index (χ2n) is 2.16. The van der Waals surface area contributed by atoms with E-state index in [9.17, 15) is 4.79 Å². The van der Waals surface area contributed by atoms with E-state index in [2.05, 4.69) is 10.2 Å². The zero-order valence-electron chi connectivity index (χ0n) is 5.48. The van der Waals surface area contributed by atoms with Gasteiger partial charge in [-0.25, -0.2) is 0 Å². The monoisotopic (exact) mass is 240 g/mol. The average Bonchev–Trinajstić information content (AvgIpc) is 1.90. The molecule has 54 valence electrons. The van der Waals surface area contributed by atoms with Crippen LogP contribution in [0.25, 0.3) is 0 Å². The number of rotatable bonds is 1. The molecule has 1 fully saturated rings. The first-order valence-corrected chi connectivity index (χ1v) is 6.48. The predicted octanol–water partition coefficient (Wildman–Crippen LogP) is -3.02. The fourth-order valence-corrected chi connectivity index (χ4v) is 2.48. The van der Waals surface area contributed by atoms with Crippen LogP contribution in [0.2, 0.25) is 0 Å². The normalized spacial score (nSPS) is 28.1. The van der Waals surface area contributed by atoms with Gasteiger partial charge in [0, 0.05) is 0 Å². The summed E-state index contributed by atoms with van der Waals surface area (Å²) in [6.45, 7) is 0.947. The molecule has 0 radical (unpaired) electrons. The Labute approximate surface area is 65.7 Å². The Morgan fingerprint density at radius 3 is 3.00 bits per heavy atom. The molecule has 0 unspecified atom stereocenters. The van der Waals surface area contributed by atoms with E-state index in [1.54, 1.807) is 0 Å². The fraction of sp³-hybridized carbons (Fsp3) is 0.833. The van der Waals surface area contributed by atoms with Crippen LogP contribution in [-0.2, 0) is 4.79 Å². The SMILES string of the molecule is C[I-][C@@H]1CCC(=O)NC1. The number of piperidine rings is 1. The second kappa shape index (κ2) is 3.39. The third kappa shape index (κ3) is 2.12. The Balaban J connectivity index is 2.26. The zero-order valence-corrected chi connectivity index (χ0v) is 7.64. The summed E-state index contributed by atoms with van der Waals surface area (Å²) in [6.07, 6.45) is 1.90. The van der Waals surface area contributed by atoms with Gasteiger partial charge in [0.05, 0.1) is 0 Å². The molecule has 0 aliphatic carbocycles. The summed E-state index contributed by atoms with van der Waals surface area (Å²) in [5, 5.41) is 2.87. The Bertz CT molecular complexity index is 106. The molecule has 0 bridgehead atoms. The van der Waals surface area contributed by atoms with E-state index in [1.165, 1.54) is 0 Å². The molecule has 0 saturated carbocycles. The first-order valence-electron chi connectivity index (χ1n) is 3.07. The van der Waals surface area contributed by atoms with Gasteiger partial charge in [0.2, 0.25) is 0 Å². The molecule has 1 rings (SSSR count). The van der Waals surface area contributed by atoms with Crippen LogP contribution in [-0.4, -0.2) is 21.3 Å². The van der Waals surface area contributed by atoms with Crippen molar-refractivity contribution in [2.24, 2.45) is 0 Å². The van der Waals surface area contributed by atoms with E-state index in [-0.39, 0.29) is 5.91 Å². The third-order valence-corrected chi connectivity index (χ3v) is 4.34. The summed E-state index contributed by atoms with van der Waals surface area (Å²) in [4.78, 5) is 12.9. The van der Waals surface area contributed by atoms with Crippen molar-refractivity contribution in [3.05, 3.63) is 0 Å². The molecule has 1 saturated heterocycles. The minimum absolute atomic E-state index is 0.240. The van der Waals surface area contributed by atoms with Crippen LogP contribution in [0.3, 0.4) is 0 Å². The van der Waals surface area contributed by atoms with Gasteiger partial charge >= 0.3 is 65.5 Å². The molecule has 1 N–H and O–H groups in total. The molecular formula is C6H11INO-. The van der Waals surface area contributed by atoms with Crippen molar-refractivity contribution in [1.29, 1.82) is 0 Å². The molecule has 2 nitrogen and oxygen atoms in total. The van der Waals surface area contributed by atoms with Gasteiger partial charge < -0.3 is 0 Å². The fourth-order valence-electron chi connectivity index (χ4n) is 0.889. The Kier molecular flexibility index (Phi) is 2.75. The third-order valence-electron chi connectivity index (χ3n) is 1.51. The number of nitrogens with one attached hydrogen (secondary N) is 1. The van der Waals surface area contributed by atoms with Crippen LogP contribution in [0.1, 0.15) is 12.8 Å². The van der Waals surface area contributed by atoms with Gasteiger partial charge in [-0.15, -0.1) is 0 Å². The Hall–Kier alpha value is 0.200. The van der Waals surface area contributed by atoms with Crippen molar-refractivity contribution in [3.63, 3.8) is 0 Å². The van der Waals surface area contributed by atoms with Crippen molar-refractivity contribution < 1.29 is 26.0 Å². The molecule has 0 aromatic carbocycles. The molecule has 0 spiro atoms. The standard InChI is InChI=1S/C6H11INO/c1-7-5-2-3-6(9)8-4-5/h5H,2-4H2,1H3,(H,8,9)/q-1/t5-/m1/s1. The van der Waals surface area contributed by atoms with E-state index in [1.807, 2.05) is 0 Å². The van der Waals surface area contributed by atoms with Crippen LogP contribution in [0.15, 0.2) is 0 Å².